The number of rotatable bonds is 2. The van der Waals surface area contributed by atoms with Gasteiger partial charge in [-0.25, -0.2) is 0 Å². The van der Waals surface area contributed by atoms with Crippen LogP contribution in [0.25, 0.3) is 0 Å². The number of carbonyl (C=O) groups excluding carboxylic acids is 1. The summed E-state index contributed by atoms with van der Waals surface area (Å²) in [4.78, 5) is 15.6. The zero-order valence-corrected chi connectivity index (χ0v) is 11.0. The number of anilines is 1. The van der Waals surface area contributed by atoms with Crippen molar-refractivity contribution in [2.45, 2.75) is 20.8 Å². The van der Waals surface area contributed by atoms with Crippen LogP contribution in [0.15, 0.2) is 48.8 Å². The SMILES string of the molecule is CC.Cc1ccc(NC(=O)c2cccnc2)cc1. The molecule has 0 saturated heterocycles. The number of aryl methyl sites for hydroxylation is 1. The number of aromatic nitrogens is 1. The molecule has 1 N–H and O–H groups in total. The lowest BCUT2D eigenvalue weighted by molar-refractivity contribution is 0.102. The second-order valence-corrected chi connectivity index (χ2v) is 3.56. The highest BCUT2D eigenvalue weighted by molar-refractivity contribution is 6.03. The zero-order valence-electron chi connectivity index (χ0n) is 11.0. The molecule has 0 fully saturated rings. The average Bonchev–Trinajstić information content (AvgIpc) is 2.44. The summed E-state index contributed by atoms with van der Waals surface area (Å²) in [6.45, 7) is 6.01. The number of hydrogen-bond donors (Lipinski definition) is 1. The van der Waals surface area contributed by atoms with Gasteiger partial charge in [0.25, 0.3) is 5.91 Å². The van der Waals surface area contributed by atoms with E-state index in [-0.39, 0.29) is 5.91 Å². The van der Waals surface area contributed by atoms with Gasteiger partial charge in [0.15, 0.2) is 0 Å². The molecule has 3 nitrogen and oxygen atoms in total. The molecule has 18 heavy (non-hydrogen) atoms. The summed E-state index contributed by atoms with van der Waals surface area (Å²) in [5, 5.41) is 2.81. The maximum atomic E-state index is 11.7. The Morgan fingerprint density at radius 2 is 1.78 bits per heavy atom. The first-order valence-electron chi connectivity index (χ1n) is 6.04. The van der Waals surface area contributed by atoms with E-state index in [1.165, 1.54) is 5.56 Å². The van der Waals surface area contributed by atoms with E-state index in [1.54, 1.807) is 24.5 Å². The molecule has 1 aromatic heterocycles. The Morgan fingerprint density at radius 1 is 1.11 bits per heavy atom. The Bertz CT molecular complexity index is 478. The summed E-state index contributed by atoms with van der Waals surface area (Å²) in [5.74, 6) is -0.142. The van der Waals surface area contributed by atoms with Crippen molar-refractivity contribution in [2.24, 2.45) is 0 Å². The monoisotopic (exact) mass is 242 g/mol. The molecule has 0 unspecified atom stereocenters. The van der Waals surface area contributed by atoms with Crippen molar-refractivity contribution < 1.29 is 4.79 Å². The third kappa shape index (κ3) is 4.01. The molecule has 2 rings (SSSR count). The molecule has 1 aromatic carbocycles. The van der Waals surface area contributed by atoms with Crippen molar-refractivity contribution in [3.8, 4) is 0 Å². The molecule has 0 aliphatic heterocycles. The maximum absolute atomic E-state index is 11.7. The topological polar surface area (TPSA) is 42.0 Å². The Morgan fingerprint density at radius 3 is 2.33 bits per heavy atom. The van der Waals surface area contributed by atoms with E-state index in [2.05, 4.69) is 10.3 Å². The molecule has 3 heteroatoms. The molecule has 0 atom stereocenters. The molecule has 94 valence electrons. The van der Waals surface area contributed by atoms with Crippen LogP contribution in [-0.4, -0.2) is 10.9 Å². The van der Waals surface area contributed by atoms with Crippen LogP contribution in [0, 0.1) is 6.92 Å². The normalized spacial score (nSPS) is 9.06. The van der Waals surface area contributed by atoms with E-state index < -0.39 is 0 Å². The molecule has 0 aliphatic rings. The summed E-state index contributed by atoms with van der Waals surface area (Å²) in [6.07, 6.45) is 3.19. The van der Waals surface area contributed by atoms with Crippen LogP contribution in [0.4, 0.5) is 5.69 Å². The van der Waals surface area contributed by atoms with Gasteiger partial charge in [0.2, 0.25) is 0 Å². The minimum atomic E-state index is -0.142. The van der Waals surface area contributed by atoms with Gasteiger partial charge in [-0.15, -0.1) is 0 Å². The van der Waals surface area contributed by atoms with Crippen LogP contribution in [0.5, 0.6) is 0 Å². The summed E-state index contributed by atoms with van der Waals surface area (Å²) in [5.41, 5.74) is 2.52. The molecule has 0 spiro atoms. The Kier molecular flexibility index (Phi) is 5.58. The largest absolute Gasteiger partial charge is 0.322 e. The maximum Gasteiger partial charge on any atom is 0.257 e. The number of nitrogens with one attached hydrogen (secondary N) is 1. The minimum absolute atomic E-state index is 0.142. The van der Waals surface area contributed by atoms with Gasteiger partial charge < -0.3 is 5.32 Å². The van der Waals surface area contributed by atoms with Gasteiger partial charge in [0, 0.05) is 18.1 Å². The standard InChI is InChI=1S/C13H12N2O.C2H6/c1-10-4-6-12(7-5-10)15-13(16)11-3-2-8-14-9-11;1-2/h2-9H,1H3,(H,15,16);1-2H3. The third-order valence-corrected chi connectivity index (χ3v) is 2.23. The fraction of sp³-hybridized carbons (Fsp3) is 0.200. The molecule has 1 heterocycles. The van der Waals surface area contributed by atoms with E-state index in [0.29, 0.717) is 5.56 Å². The highest BCUT2D eigenvalue weighted by atomic mass is 16.1. The average molecular weight is 242 g/mol. The fourth-order valence-electron chi connectivity index (χ4n) is 1.34. The zero-order chi connectivity index (χ0) is 13.4. The third-order valence-electron chi connectivity index (χ3n) is 2.23. The summed E-state index contributed by atoms with van der Waals surface area (Å²) in [7, 11) is 0. The van der Waals surface area contributed by atoms with Crippen LogP contribution in [-0.2, 0) is 0 Å². The lowest BCUT2D eigenvalue weighted by Crippen LogP contribution is -2.11. The van der Waals surface area contributed by atoms with Gasteiger partial charge in [-0.05, 0) is 31.2 Å². The number of amides is 1. The lowest BCUT2D eigenvalue weighted by atomic mass is 10.2. The van der Waals surface area contributed by atoms with Crippen molar-refractivity contribution in [1.82, 2.24) is 4.98 Å². The number of carbonyl (C=O) groups is 1. The van der Waals surface area contributed by atoms with Gasteiger partial charge in [-0.3, -0.25) is 9.78 Å². The Balaban J connectivity index is 0.000000771. The van der Waals surface area contributed by atoms with Crippen LogP contribution >= 0.6 is 0 Å². The number of pyridine rings is 1. The van der Waals surface area contributed by atoms with E-state index in [1.807, 2.05) is 45.0 Å². The smallest absolute Gasteiger partial charge is 0.257 e. The van der Waals surface area contributed by atoms with Crippen LogP contribution < -0.4 is 5.32 Å². The van der Waals surface area contributed by atoms with Crippen molar-refractivity contribution in [1.29, 1.82) is 0 Å². The van der Waals surface area contributed by atoms with Crippen LogP contribution in [0.3, 0.4) is 0 Å². The predicted octanol–water partition coefficient (Wildman–Crippen LogP) is 3.67. The predicted molar refractivity (Wildman–Crippen MR) is 74.7 cm³/mol. The first-order valence-corrected chi connectivity index (χ1v) is 6.04. The summed E-state index contributed by atoms with van der Waals surface area (Å²) in [6, 6.07) is 11.1. The lowest BCUT2D eigenvalue weighted by Gasteiger charge is -2.04. The fourth-order valence-corrected chi connectivity index (χ4v) is 1.34. The second kappa shape index (κ2) is 7.22. The van der Waals surface area contributed by atoms with E-state index in [0.717, 1.165) is 5.69 Å². The Labute approximate surface area is 108 Å². The summed E-state index contributed by atoms with van der Waals surface area (Å²) >= 11 is 0. The van der Waals surface area contributed by atoms with Gasteiger partial charge >= 0.3 is 0 Å². The second-order valence-electron chi connectivity index (χ2n) is 3.56. The molecular weight excluding hydrogens is 224 g/mol. The molecule has 0 radical (unpaired) electrons. The molecule has 0 aliphatic carbocycles. The number of hydrogen-bond acceptors (Lipinski definition) is 2. The van der Waals surface area contributed by atoms with Gasteiger partial charge in [0.1, 0.15) is 0 Å². The molecule has 1 amide bonds. The van der Waals surface area contributed by atoms with E-state index in [9.17, 15) is 4.79 Å². The molecule has 0 bridgehead atoms. The van der Waals surface area contributed by atoms with Crippen LogP contribution in [0.1, 0.15) is 29.8 Å². The first kappa shape index (κ1) is 13.9. The Hall–Kier alpha value is -2.16. The van der Waals surface area contributed by atoms with Gasteiger partial charge in [0.05, 0.1) is 5.56 Å². The minimum Gasteiger partial charge on any atom is -0.322 e. The quantitative estimate of drug-likeness (QED) is 0.873. The number of nitrogens with zero attached hydrogens (tertiary/aromatic N) is 1. The van der Waals surface area contributed by atoms with Gasteiger partial charge in [-0.2, -0.15) is 0 Å². The van der Waals surface area contributed by atoms with Gasteiger partial charge in [-0.1, -0.05) is 31.5 Å². The van der Waals surface area contributed by atoms with E-state index >= 15 is 0 Å². The van der Waals surface area contributed by atoms with Crippen molar-refractivity contribution in [2.75, 3.05) is 5.32 Å². The molecular formula is C15H18N2O. The van der Waals surface area contributed by atoms with Crippen molar-refractivity contribution >= 4 is 11.6 Å². The van der Waals surface area contributed by atoms with Crippen molar-refractivity contribution in [3.63, 3.8) is 0 Å². The molecule has 2 aromatic rings. The number of benzene rings is 1. The van der Waals surface area contributed by atoms with Crippen LogP contribution in [0.2, 0.25) is 0 Å². The summed E-state index contributed by atoms with van der Waals surface area (Å²) < 4.78 is 0. The van der Waals surface area contributed by atoms with E-state index in [4.69, 9.17) is 0 Å². The first-order chi connectivity index (χ1) is 8.75. The highest BCUT2D eigenvalue weighted by Gasteiger charge is 2.04. The molecule has 0 saturated carbocycles. The van der Waals surface area contributed by atoms with Crippen molar-refractivity contribution in [3.05, 3.63) is 59.9 Å². The highest BCUT2D eigenvalue weighted by Crippen LogP contribution is 2.10.